The molecule has 4 heteroatoms. The molecule has 1 aromatic rings. The highest BCUT2D eigenvalue weighted by atomic mass is 16.5. The number of ether oxygens (including phenoxy) is 1. The molecule has 4 nitrogen and oxygen atoms in total. The van der Waals surface area contributed by atoms with Crippen molar-refractivity contribution < 1.29 is 9.84 Å². The van der Waals surface area contributed by atoms with Crippen molar-refractivity contribution in [2.45, 2.75) is 39.9 Å². The number of morpholine rings is 1. The van der Waals surface area contributed by atoms with Crippen molar-refractivity contribution in [3.63, 3.8) is 0 Å². The first kappa shape index (κ1) is 13.3. The summed E-state index contributed by atoms with van der Waals surface area (Å²) in [7, 11) is 0. The van der Waals surface area contributed by atoms with E-state index in [1.807, 2.05) is 19.9 Å². The van der Waals surface area contributed by atoms with Crippen LogP contribution < -0.4 is 4.90 Å². The second-order valence-electron chi connectivity index (χ2n) is 4.89. The normalized spacial score (nSPS) is 20.2. The van der Waals surface area contributed by atoms with Crippen LogP contribution in [0, 0.1) is 13.8 Å². The lowest BCUT2D eigenvalue weighted by Crippen LogP contribution is -2.43. The van der Waals surface area contributed by atoms with E-state index in [9.17, 15) is 5.11 Å². The van der Waals surface area contributed by atoms with Gasteiger partial charge in [0.05, 0.1) is 19.3 Å². The summed E-state index contributed by atoms with van der Waals surface area (Å²) >= 11 is 0. The van der Waals surface area contributed by atoms with Gasteiger partial charge in [0, 0.05) is 24.3 Å². The molecule has 0 bridgehead atoms. The third-order valence-electron chi connectivity index (χ3n) is 3.51. The number of aryl methyl sites for hydroxylation is 2. The molecule has 1 fully saturated rings. The summed E-state index contributed by atoms with van der Waals surface area (Å²) in [5.74, 6) is 0.928. The fraction of sp³-hybridized carbons (Fsp3) is 0.643. The van der Waals surface area contributed by atoms with Gasteiger partial charge in [-0.25, -0.2) is 4.98 Å². The molecule has 0 aliphatic carbocycles. The predicted octanol–water partition coefficient (Wildman–Crippen LogP) is 1.81. The summed E-state index contributed by atoms with van der Waals surface area (Å²) < 4.78 is 5.68. The number of hydrogen-bond donors (Lipinski definition) is 1. The zero-order chi connectivity index (χ0) is 13.1. The third kappa shape index (κ3) is 2.65. The van der Waals surface area contributed by atoms with Crippen LogP contribution in [0.15, 0.2) is 6.07 Å². The highest BCUT2D eigenvalue weighted by Crippen LogP contribution is 2.24. The Balaban J connectivity index is 2.31. The minimum Gasteiger partial charge on any atom is -0.392 e. The van der Waals surface area contributed by atoms with Gasteiger partial charge in [0.25, 0.3) is 0 Å². The van der Waals surface area contributed by atoms with Crippen LogP contribution in [-0.2, 0) is 11.3 Å². The van der Waals surface area contributed by atoms with Crippen LogP contribution in [-0.4, -0.2) is 35.9 Å². The van der Waals surface area contributed by atoms with E-state index in [4.69, 9.17) is 4.74 Å². The van der Waals surface area contributed by atoms with Gasteiger partial charge in [-0.2, -0.15) is 0 Å². The van der Waals surface area contributed by atoms with Gasteiger partial charge in [0.1, 0.15) is 5.82 Å². The van der Waals surface area contributed by atoms with Crippen molar-refractivity contribution in [3.8, 4) is 0 Å². The zero-order valence-electron chi connectivity index (χ0n) is 11.4. The maximum atomic E-state index is 9.55. The lowest BCUT2D eigenvalue weighted by Gasteiger charge is -2.34. The molecule has 1 saturated heterocycles. The molecule has 100 valence electrons. The van der Waals surface area contributed by atoms with Gasteiger partial charge in [0.15, 0.2) is 0 Å². The quantitative estimate of drug-likeness (QED) is 0.888. The second-order valence-corrected chi connectivity index (χ2v) is 4.89. The zero-order valence-corrected chi connectivity index (χ0v) is 11.4. The van der Waals surface area contributed by atoms with Crippen LogP contribution >= 0.6 is 0 Å². The Bertz CT molecular complexity index is 421. The van der Waals surface area contributed by atoms with E-state index < -0.39 is 0 Å². The largest absolute Gasteiger partial charge is 0.392 e. The molecule has 0 saturated carbocycles. The Morgan fingerprint density at radius 1 is 1.50 bits per heavy atom. The number of anilines is 1. The molecule has 1 N–H and O–H groups in total. The number of hydrogen-bond acceptors (Lipinski definition) is 4. The van der Waals surface area contributed by atoms with E-state index in [1.165, 1.54) is 0 Å². The highest BCUT2D eigenvalue weighted by molar-refractivity contribution is 5.51. The molecule has 18 heavy (non-hydrogen) atoms. The Hall–Kier alpha value is -1.13. The molecule has 1 aliphatic heterocycles. The topological polar surface area (TPSA) is 45.6 Å². The van der Waals surface area contributed by atoms with Gasteiger partial charge in [0.2, 0.25) is 0 Å². The number of aliphatic hydroxyl groups is 1. The van der Waals surface area contributed by atoms with E-state index in [2.05, 4.69) is 16.8 Å². The molecule has 0 radical (unpaired) electrons. The molecular weight excluding hydrogens is 228 g/mol. The molecule has 1 unspecified atom stereocenters. The van der Waals surface area contributed by atoms with Gasteiger partial charge >= 0.3 is 0 Å². The van der Waals surface area contributed by atoms with Gasteiger partial charge < -0.3 is 14.7 Å². The van der Waals surface area contributed by atoms with Crippen LogP contribution in [0.2, 0.25) is 0 Å². The first-order valence-corrected chi connectivity index (χ1v) is 6.60. The van der Waals surface area contributed by atoms with Crippen molar-refractivity contribution >= 4 is 5.82 Å². The fourth-order valence-electron chi connectivity index (χ4n) is 2.46. The van der Waals surface area contributed by atoms with Crippen LogP contribution in [0.5, 0.6) is 0 Å². The first-order valence-electron chi connectivity index (χ1n) is 6.60. The number of aliphatic hydroxyl groups excluding tert-OH is 1. The van der Waals surface area contributed by atoms with E-state index in [0.29, 0.717) is 0 Å². The monoisotopic (exact) mass is 250 g/mol. The SMILES string of the molecule is CCC1CN(c2nc(C)cc(C)c2CO)CCO1. The molecule has 1 atom stereocenters. The molecular formula is C14H22N2O2. The molecule has 0 aromatic carbocycles. The van der Waals surface area contributed by atoms with Crippen LogP contribution in [0.3, 0.4) is 0 Å². The van der Waals surface area contributed by atoms with E-state index in [0.717, 1.165) is 48.8 Å². The minimum absolute atomic E-state index is 0.0442. The summed E-state index contributed by atoms with van der Waals surface area (Å²) in [4.78, 5) is 6.85. The molecule has 2 heterocycles. The minimum atomic E-state index is 0.0442. The van der Waals surface area contributed by atoms with Crippen molar-refractivity contribution in [2.75, 3.05) is 24.6 Å². The van der Waals surface area contributed by atoms with E-state index in [1.54, 1.807) is 0 Å². The lowest BCUT2D eigenvalue weighted by atomic mass is 10.1. The third-order valence-corrected chi connectivity index (χ3v) is 3.51. The lowest BCUT2D eigenvalue weighted by molar-refractivity contribution is 0.0380. The summed E-state index contributed by atoms with van der Waals surface area (Å²) in [6.07, 6.45) is 1.28. The van der Waals surface area contributed by atoms with Crippen LogP contribution in [0.1, 0.15) is 30.2 Å². The molecule has 1 aromatic heterocycles. The Morgan fingerprint density at radius 3 is 2.94 bits per heavy atom. The standard InChI is InChI=1S/C14H22N2O2/c1-4-12-8-16(5-6-18-12)14-13(9-17)10(2)7-11(3)15-14/h7,12,17H,4-6,8-9H2,1-3H3. The van der Waals surface area contributed by atoms with Crippen LogP contribution in [0.25, 0.3) is 0 Å². The van der Waals surface area contributed by atoms with Gasteiger partial charge in [-0.1, -0.05) is 6.92 Å². The van der Waals surface area contributed by atoms with E-state index >= 15 is 0 Å². The Morgan fingerprint density at radius 2 is 2.28 bits per heavy atom. The van der Waals surface area contributed by atoms with Crippen LogP contribution in [0.4, 0.5) is 5.82 Å². The maximum absolute atomic E-state index is 9.55. The Kier molecular flexibility index (Phi) is 4.19. The van der Waals surface area contributed by atoms with E-state index in [-0.39, 0.29) is 12.7 Å². The molecule has 1 aliphatic rings. The van der Waals surface area contributed by atoms with Crippen molar-refractivity contribution in [3.05, 3.63) is 22.9 Å². The second kappa shape index (κ2) is 5.67. The van der Waals surface area contributed by atoms with Crippen molar-refractivity contribution in [1.82, 2.24) is 4.98 Å². The number of aromatic nitrogens is 1. The first-order chi connectivity index (χ1) is 8.65. The highest BCUT2D eigenvalue weighted by Gasteiger charge is 2.22. The maximum Gasteiger partial charge on any atom is 0.134 e. The Labute approximate surface area is 109 Å². The van der Waals surface area contributed by atoms with Crippen molar-refractivity contribution in [2.24, 2.45) is 0 Å². The summed E-state index contributed by atoms with van der Waals surface area (Å²) in [5, 5.41) is 9.55. The molecule has 0 spiro atoms. The van der Waals surface area contributed by atoms with Gasteiger partial charge in [-0.3, -0.25) is 0 Å². The predicted molar refractivity (Wildman–Crippen MR) is 71.9 cm³/mol. The summed E-state index contributed by atoms with van der Waals surface area (Å²) in [5.41, 5.74) is 3.05. The average molecular weight is 250 g/mol. The number of pyridine rings is 1. The summed E-state index contributed by atoms with van der Waals surface area (Å²) in [6, 6.07) is 2.02. The average Bonchev–Trinajstić information content (AvgIpc) is 2.38. The fourth-order valence-corrected chi connectivity index (χ4v) is 2.46. The molecule has 2 rings (SSSR count). The smallest absolute Gasteiger partial charge is 0.134 e. The number of rotatable bonds is 3. The molecule has 0 amide bonds. The number of nitrogens with zero attached hydrogens (tertiary/aromatic N) is 2. The van der Waals surface area contributed by atoms with Gasteiger partial charge in [-0.05, 0) is 31.9 Å². The van der Waals surface area contributed by atoms with Gasteiger partial charge in [-0.15, -0.1) is 0 Å². The summed E-state index contributed by atoms with van der Waals surface area (Å²) in [6.45, 7) is 8.65. The van der Waals surface area contributed by atoms with Crippen molar-refractivity contribution in [1.29, 1.82) is 0 Å².